The van der Waals surface area contributed by atoms with Crippen LogP contribution in [-0.2, 0) is 4.79 Å². The van der Waals surface area contributed by atoms with Crippen molar-refractivity contribution in [1.29, 1.82) is 0 Å². The van der Waals surface area contributed by atoms with Crippen molar-refractivity contribution in [2.45, 2.75) is 25.3 Å². The van der Waals surface area contributed by atoms with E-state index in [0.717, 1.165) is 0 Å². The van der Waals surface area contributed by atoms with Gasteiger partial charge in [0.25, 0.3) is 5.91 Å². The summed E-state index contributed by atoms with van der Waals surface area (Å²) in [6, 6.07) is 2.75. The van der Waals surface area contributed by atoms with Crippen LogP contribution in [0, 0.1) is 5.92 Å². The molecule has 1 saturated carbocycles. The molecule has 96 valence electrons. The number of nitrogens with zero attached hydrogens (tertiary/aromatic N) is 1. The number of carbonyl (C=O) groups excluding carboxylic acids is 1. The fourth-order valence-electron chi connectivity index (χ4n) is 2.16. The van der Waals surface area contributed by atoms with E-state index in [2.05, 4.69) is 10.3 Å². The molecule has 1 aliphatic carbocycles. The predicted octanol–water partition coefficient (Wildman–Crippen LogP) is 0.770. The molecule has 0 aromatic carbocycles. The first kappa shape index (κ1) is 12.3. The van der Waals surface area contributed by atoms with Gasteiger partial charge in [0.1, 0.15) is 5.75 Å². The van der Waals surface area contributed by atoms with Gasteiger partial charge in [-0.05, 0) is 31.4 Å². The molecule has 1 heterocycles. The fourth-order valence-corrected chi connectivity index (χ4v) is 2.16. The summed E-state index contributed by atoms with van der Waals surface area (Å²) in [5.41, 5.74) is -0.0312. The molecule has 1 amide bonds. The molecule has 6 heteroatoms. The highest BCUT2D eigenvalue weighted by molar-refractivity contribution is 5.95. The molecular weight excluding hydrogens is 236 g/mol. The Balaban J connectivity index is 1.97. The molecule has 2 atom stereocenters. The minimum atomic E-state index is -0.826. The minimum Gasteiger partial charge on any atom is -0.505 e. The van der Waals surface area contributed by atoms with Crippen molar-refractivity contribution in [3.63, 3.8) is 0 Å². The second-order valence-corrected chi connectivity index (χ2v) is 4.39. The molecule has 6 nitrogen and oxygen atoms in total. The number of pyridine rings is 1. The van der Waals surface area contributed by atoms with E-state index in [9.17, 15) is 14.7 Å². The molecular formula is C12H14N2O4. The van der Waals surface area contributed by atoms with E-state index >= 15 is 0 Å². The van der Waals surface area contributed by atoms with Gasteiger partial charge in [0, 0.05) is 12.2 Å². The Morgan fingerprint density at radius 1 is 1.39 bits per heavy atom. The molecule has 0 saturated heterocycles. The maximum Gasteiger partial charge on any atom is 0.306 e. The summed E-state index contributed by atoms with van der Waals surface area (Å²) in [4.78, 5) is 26.4. The summed E-state index contributed by atoms with van der Waals surface area (Å²) in [6.45, 7) is 0. The number of rotatable bonds is 3. The van der Waals surface area contributed by atoms with Gasteiger partial charge in [0.15, 0.2) is 5.69 Å². The summed E-state index contributed by atoms with van der Waals surface area (Å²) in [5.74, 6) is -1.87. The largest absolute Gasteiger partial charge is 0.505 e. The third-order valence-corrected chi connectivity index (χ3v) is 3.12. The van der Waals surface area contributed by atoms with Gasteiger partial charge in [0.2, 0.25) is 0 Å². The molecule has 1 aliphatic rings. The molecule has 1 fully saturated rings. The lowest BCUT2D eigenvalue weighted by Gasteiger charge is -2.12. The first-order valence-electron chi connectivity index (χ1n) is 5.75. The van der Waals surface area contributed by atoms with Crippen LogP contribution in [0.3, 0.4) is 0 Å². The lowest BCUT2D eigenvalue weighted by atomic mass is 10.1. The van der Waals surface area contributed by atoms with E-state index in [4.69, 9.17) is 5.11 Å². The zero-order chi connectivity index (χ0) is 13.1. The Hall–Kier alpha value is -2.11. The molecule has 2 rings (SSSR count). The lowest BCUT2D eigenvalue weighted by Crippen LogP contribution is -2.33. The standard InChI is InChI=1S/C12H14N2O4/c15-9-2-1-5-13-10(9)11(16)14-8-4-3-7(6-8)12(17)18/h1-2,5,7-8,15H,3-4,6H2,(H,14,16)(H,17,18). The highest BCUT2D eigenvalue weighted by Gasteiger charge is 2.31. The number of hydrogen-bond donors (Lipinski definition) is 3. The van der Waals surface area contributed by atoms with E-state index in [0.29, 0.717) is 19.3 Å². The number of nitrogens with one attached hydrogen (secondary N) is 1. The monoisotopic (exact) mass is 250 g/mol. The number of hydrogen-bond acceptors (Lipinski definition) is 4. The Kier molecular flexibility index (Phi) is 3.45. The van der Waals surface area contributed by atoms with Crippen LogP contribution in [0.5, 0.6) is 5.75 Å². The molecule has 2 unspecified atom stereocenters. The lowest BCUT2D eigenvalue weighted by molar-refractivity contribution is -0.141. The summed E-state index contributed by atoms with van der Waals surface area (Å²) in [6.07, 6.45) is 3.04. The highest BCUT2D eigenvalue weighted by Crippen LogP contribution is 2.26. The van der Waals surface area contributed by atoms with E-state index in [1.54, 1.807) is 0 Å². The molecule has 1 aromatic rings. The van der Waals surface area contributed by atoms with Crippen LogP contribution in [0.2, 0.25) is 0 Å². The maximum atomic E-state index is 11.8. The smallest absolute Gasteiger partial charge is 0.306 e. The topological polar surface area (TPSA) is 99.5 Å². The van der Waals surface area contributed by atoms with Crippen LogP contribution in [0.1, 0.15) is 29.8 Å². The first-order valence-corrected chi connectivity index (χ1v) is 5.75. The number of aliphatic carboxylic acids is 1. The second kappa shape index (κ2) is 5.03. The van der Waals surface area contributed by atoms with Crippen LogP contribution in [0.25, 0.3) is 0 Å². The molecule has 0 spiro atoms. The maximum absolute atomic E-state index is 11.8. The van der Waals surface area contributed by atoms with E-state index in [1.807, 2.05) is 0 Å². The Morgan fingerprint density at radius 2 is 2.17 bits per heavy atom. The first-order chi connectivity index (χ1) is 8.58. The van der Waals surface area contributed by atoms with Crippen molar-refractivity contribution in [3.05, 3.63) is 24.0 Å². The zero-order valence-corrected chi connectivity index (χ0v) is 9.67. The fraction of sp³-hybridized carbons (Fsp3) is 0.417. The van der Waals surface area contributed by atoms with Crippen LogP contribution in [0.15, 0.2) is 18.3 Å². The molecule has 0 aliphatic heterocycles. The zero-order valence-electron chi connectivity index (χ0n) is 9.67. The summed E-state index contributed by atoms with van der Waals surface area (Å²) in [7, 11) is 0. The highest BCUT2D eigenvalue weighted by atomic mass is 16.4. The SMILES string of the molecule is O=C(NC1CCC(C(=O)O)C1)c1ncccc1O. The van der Waals surface area contributed by atoms with Gasteiger partial charge in [-0.25, -0.2) is 4.98 Å². The number of carboxylic acids is 1. The van der Waals surface area contributed by atoms with Crippen molar-refractivity contribution >= 4 is 11.9 Å². The second-order valence-electron chi connectivity index (χ2n) is 4.39. The summed E-state index contributed by atoms with van der Waals surface area (Å²) in [5, 5.41) is 21.0. The van der Waals surface area contributed by atoms with Gasteiger partial charge in [-0.2, -0.15) is 0 Å². The predicted molar refractivity (Wildman–Crippen MR) is 62.1 cm³/mol. The van der Waals surface area contributed by atoms with Gasteiger partial charge in [0.05, 0.1) is 5.92 Å². The number of aromatic nitrogens is 1. The number of amides is 1. The number of aromatic hydroxyl groups is 1. The molecule has 3 N–H and O–H groups in total. The van der Waals surface area contributed by atoms with Gasteiger partial charge in [-0.3, -0.25) is 9.59 Å². The van der Waals surface area contributed by atoms with Crippen molar-refractivity contribution in [1.82, 2.24) is 10.3 Å². The van der Waals surface area contributed by atoms with Gasteiger partial charge in [-0.15, -0.1) is 0 Å². The third-order valence-electron chi connectivity index (χ3n) is 3.12. The van der Waals surface area contributed by atoms with Crippen molar-refractivity contribution < 1.29 is 19.8 Å². The average molecular weight is 250 g/mol. The minimum absolute atomic E-state index is 0.0312. The quantitative estimate of drug-likeness (QED) is 0.735. The molecule has 0 radical (unpaired) electrons. The molecule has 18 heavy (non-hydrogen) atoms. The van der Waals surface area contributed by atoms with E-state index < -0.39 is 17.8 Å². The third kappa shape index (κ3) is 2.58. The molecule has 1 aromatic heterocycles. The Labute approximate surface area is 104 Å². The average Bonchev–Trinajstić information content (AvgIpc) is 2.78. The normalized spacial score (nSPS) is 22.7. The van der Waals surface area contributed by atoms with Gasteiger partial charge < -0.3 is 15.5 Å². The van der Waals surface area contributed by atoms with Crippen molar-refractivity contribution in [2.75, 3.05) is 0 Å². The van der Waals surface area contributed by atoms with Crippen LogP contribution in [-0.4, -0.2) is 33.1 Å². The summed E-state index contributed by atoms with van der Waals surface area (Å²) < 4.78 is 0. The molecule has 0 bridgehead atoms. The van der Waals surface area contributed by atoms with Crippen molar-refractivity contribution in [3.8, 4) is 5.75 Å². The number of carboxylic acid groups (broad SMARTS) is 1. The number of carbonyl (C=O) groups is 2. The van der Waals surface area contributed by atoms with E-state index in [1.165, 1.54) is 18.3 Å². The summed E-state index contributed by atoms with van der Waals surface area (Å²) >= 11 is 0. The van der Waals surface area contributed by atoms with Crippen LogP contribution >= 0.6 is 0 Å². The van der Waals surface area contributed by atoms with Gasteiger partial charge in [-0.1, -0.05) is 0 Å². The Morgan fingerprint density at radius 3 is 2.78 bits per heavy atom. The van der Waals surface area contributed by atoms with E-state index in [-0.39, 0.29) is 17.5 Å². The van der Waals surface area contributed by atoms with Crippen LogP contribution in [0.4, 0.5) is 0 Å². The Bertz CT molecular complexity index is 475. The van der Waals surface area contributed by atoms with Crippen molar-refractivity contribution in [2.24, 2.45) is 5.92 Å². The van der Waals surface area contributed by atoms with Crippen LogP contribution < -0.4 is 5.32 Å². The van der Waals surface area contributed by atoms with Gasteiger partial charge >= 0.3 is 5.97 Å².